The molecule has 2 aliphatic heterocycles. The molecule has 3 heterocycles. The molecule has 0 spiro atoms. The summed E-state index contributed by atoms with van der Waals surface area (Å²) in [6, 6.07) is 21.2. The Kier molecular flexibility index (Phi) is 5.26. The fourth-order valence-corrected chi connectivity index (χ4v) is 5.71. The van der Waals surface area contributed by atoms with Crippen LogP contribution in [0.2, 0.25) is 0 Å². The first-order valence-electron chi connectivity index (χ1n) is 10.8. The molecule has 2 saturated heterocycles. The first-order chi connectivity index (χ1) is 16.6. The van der Waals surface area contributed by atoms with Crippen LogP contribution in [0.5, 0.6) is 11.8 Å². The van der Waals surface area contributed by atoms with Crippen LogP contribution in [0.15, 0.2) is 77.7 Å². The van der Waals surface area contributed by atoms with Crippen LogP contribution in [0.25, 0.3) is 10.8 Å². The first kappa shape index (κ1) is 21.2. The highest BCUT2D eigenvalue weighted by atomic mass is 32.2. The van der Waals surface area contributed by atoms with E-state index in [0.717, 1.165) is 10.8 Å². The van der Waals surface area contributed by atoms with Crippen molar-refractivity contribution in [1.29, 1.82) is 0 Å². The number of fused-ring (bicyclic) bond motifs is 2. The minimum absolute atomic E-state index is 0.176. The number of benzene rings is 3. The third kappa shape index (κ3) is 3.82. The predicted octanol–water partition coefficient (Wildman–Crippen LogP) is 2.30. The lowest BCUT2D eigenvalue weighted by Gasteiger charge is -2.18. The monoisotopic (exact) mass is 479 g/mol. The summed E-state index contributed by atoms with van der Waals surface area (Å²) in [4.78, 5) is 0.197. The Balaban J connectivity index is 1.19. The first-order valence-corrected chi connectivity index (χ1v) is 12.3. The van der Waals surface area contributed by atoms with Gasteiger partial charge in [0.15, 0.2) is 0 Å². The van der Waals surface area contributed by atoms with Gasteiger partial charge >= 0.3 is 6.01 Å². The molecular formula is C23H21N5O5S. The van der Waals surface area contributed by atoms with Crippen LogP contribution in [0.1, 0.15) is 6.04 Å². The zero-order valence-corrected chi connectivity index (χ0v) is 18.7. The number of nitrogens with one attached hydrogen (secondary N) is 1. The molecule has 0 saturated carbocycles. The Bertz CT molecular complexity index is 1430. The summed E-state index contributed by atoms with van der Waals surface area (Å²) in [5, 5.41) is 13.6. The van der Waals surface area contributed by atoms with Gasteiger partial charge in [-0.2, -0.15) is 4.68 Å². The van der Waals surface area contributed by atoms with E-state index in [0.29, 0.717) is 5.75 Å². The van der Waals surface area contributed by atoms with Gasteiger partial charge in [-0.15, -0.1) is 0 Å². The van der Waals surface area contributed by atoms with Gasteiger partial charge in [-0.05, 0) is 45.5 Å². The van der Waals surface area contributed by atoms with Crippen molar-refractivity contribution in [2.24, 2.45) is 0 Å². The quantitative estimate of drug-likeness (QED) is 0.448. The fourth-order valence-electron chi connectivity index (χ4n) is 4.45. The molecule has 174 valence electrons. The number of tetrazole rings is 1. The van der Waals surface area contributed by atoms with Crippen LogP contribution in [0.4, 0.5) is 0 Å². The van der Waals surface area contributed by atoms with Gasteiger partial charge in [-0.1, -0.05) is 53.6 Å². The van der Waals surface area contributed by atoms with E-state index in [2.05, 4.69) is 20.2 Å². The summed E-state index contributed by atoms with van der Waals surface area (Å²) in [5.41, 5.74) is 0. The van der Waals surface area contributed by atoms with E-state index in [1.165, 1.54) is 4.68 Å². The molecule has 0 radical (unpaired) electrons. The number of aromatic nitrogens is 4. The summed E-state index contributed by atoms with van der Waals surface area (Å²) in [7, 11) is -3.78. The molecule has 0 aliphatic carbocycles. The number of sulfonamides is 1. The molecule has 0 bridgehead atoms. The van der Waals surface area contributed by atoms with E-state index >= 15 is 0 Å². The van der Waals surface area contributed by atoms with Crippen molar-refractivity contribution in [3.63, 3.8) is 0 Å². The maximum absolute atomic E-state index is 13.1. The van der Waals surface area contributed by atoms with Gasteiger partial charge in [0.1, 0.15) is 24.0 Å². The van der Waals surface area contributed by atoms with E-state index < -0.39 is 28.3 Å². The van der Waals surface area contributed by atoms with Gasteiger partial charge in [-0.25, -0.2) is 13.1 Å². The van der Waals surface area contributed by atoms with Crippen LogP contribution >= 0.6 is 0 Å². The van der Waals surface area contributed by atoms with Crippen LogP contribution in [-0.2, 0) is 19.5 Å². The second kappa shape index (κ2) is 8.44. The largest absolute Gasteiger partial charge is 0.423 e. The van der Waals surface area contributed by atoms with Crippen LogP contribution in [0, 0.1) is 0 Å². The molecular weight excluding hydrogens is 458 g/mol. The predicted molar refractivity (Wildman–Crippen MR) is 121 cm³/mol. The summed E-state index contributed by atoms with van der Waals surface area (Å²) in [6.07, 6.45) is -0.903. The van der Waals surface area contributed by atoms with Crippen molar-refractivity contribution in [1.82, 2.24) is 24.9 Å². The highest BCUT2D eigenvalue weighted by molar-refractivity contribution is 7.89. The van der Waals surface area contributed by atoms with Crippen molar-refractivity contribution in [2.45, 2.75) is 29.2 Å². The van der Waals surface area contributed by atoms with Crippen molar-refractivity contribution in [3.8, 4) is 11.8 Å². The van der Waals surface area contributed by atoms with E-state index in [4.69, 9.17) is 14.2 Å². The zero-order chi connectivity index (χ0) is 23.1. The highest BCUT2D eigenvalue weighted by Crippen LogP contribution is 2.36. The zero-order valence-electron chi connectivity index (χ0n) is 17.9. The van der Waals surface area contributed by atoms with Gasteiger partial charge in [0.25, 0.3) is 0 Å². The standard InChI is InChI=1S/C23H21N5O5S/c29-34(30,18-11-10-15-6-4-5-7-16(15)12-18)25-19-13-31-22-20(14-32-21(19)22)28-23(24-26-27-28)33-17-8-2-1-3-9-17/h1-12,19-22,25H,13-14H2. The summed E-state index contributed by atoms with van der Waals surface area (Å²) >= 11 is 0. The maximum atomic E-state index is 13.1. The van der Waals surface area contributed by atoms with Crippen LogP contribution in [-0.4, -0.2) is 60.1 Å². The molecule has 3 aromatic carbocycles. The molecule has 34 heavy (non-hydrogen) atoms. The summed E-state index contributed by atoms with van der Waals surface area (Å²) in [6.45, 7) is 0.440. The average molecular weight is 480 g/mol. The summed E-state index contributed by atoms with van der Waals surface area (Å²) in [5.74, 6) is 0.599. The maximum Gasteiger partial charge on any atom is 0.341 e. The Hall–Kier alpha value is -3.38. The van der Waals surface area contributed by atoms with Crippen LogP contribution in [0.3, 0.4) is 0 Å². The molecule has 10 nitrogen and oxygen atoms in total. The molecule has 4 unspecified atom stereocenters. The Labute approximate surface area is 195 Å². The number of para-hydroxylation sites is 1. The van der Waals surface area contributed by atoms with Gasteiger partial charge in [-0.3, -0.25) is 0 Å². The number of hydrogen-bond donors (Lipinski definition) is 1. The number of ether oxygens (including phenoxy) is 3. The molecule has 1 aromatic heterocycles. The number of nitrogens with zero attached hydrogens (tertiary/aromatic N) is 4. The number of rotatable bonds is 6. The lowest BCUT2D eigenvalue weighted by atomic mass is 10.1. The molecule has 2 fully saturated rings. The molecule has 11 heteroatoms. The minimum atomic E-state index is -3.78. The molecule has 2 aliphatic rings. The van der Waals surface area contributed by atoms with Crippen molar-refractivity contribution in [2.75, 3.05) is 13.2 Å². The molecule has 1 N–H and O–H groups in total. The average Bonchev–Trinajstić information content (AvgIpc) is 3.57. The van der Waals surface area contributed by atoms with E-state index in [1.807, 2.05) is 42.5 Å². The van der Waals surface area contributed by atoms with Gasteiger partial charge in [0.05, 0.1) is 24.2 Å². The second-order valence-corrected chi connectivity index (χ2v) is 9.94. The van der Waals surface area contributed by atoms with E-state index in [-0.39, 0.29) is 30.2 Å². The normalized spacial score (nSPS) is 24.4. The Morgan fingerprint density at radius 2 is 1.68 bits per heavy atom. The van der Waals surface area contributed by atoms with Gasteiger partial charge in [0.2, 0.25) is 10.0 Å². The minimum Gasteiger partial charge on any atom is -0.423 e. The van der Waals surface area contributed by atoms with Crippen molar-refractivity contribution in [3.05, 3.63) is 72.8 Å². The molecule has 0 amide bonds. The lowest BCUT2D eigenvalue weighted by molar-refractivity contribution is 0.0615. The molecule has 4 aromatic rings. The van der Waals surface area contributed by atoms with Gasteiger partial charge in [0, 0.05) is 0 Å². The third-order valence-electron chi connectivity index (χ3n) is 6.09. The van der Waals surface area contributed by atoms with Gasteiger partial charge < -0.3 is 14.2 Å². The molecule has 6 rings (SSSR count). The molecule has 4 atom stereocenters. The smallest absolute Gasteiger partial charge is 0.341 e. The summed E-state index contributed by atoms with van der Waals surface area (Å²) < 4.78 is 48.2. The Morgan fingerprint density at radius 1 is 0.912 bits per heavy atom. The van der Waals surface area contributed by atoms with E-state index in [1.54, 1.807) is 30.3 Å². The van der Waals surface area contributed by atoms with Crippen LogP contribution < -0.4 is 9.46 Å². The van der Waals surface area contributed by atoms with E-state index in [9.17, 15) is 8.42 Å². The number of hydrogen-bond acceptors (Lipinski definition) is 8. The second-order valence-electron chi connectivity index (χ2n) is 8.22. The van der Waals surface area contributed by atoms with Crippen molar-refractivity contribution < 1.29 is 22.6 Å². The third-order valence-corrected chi connectivity index (χ3v) is 7.58. The highest BCUT2D eigenvalue weighted by Gasteiger charge is 2.50. The Morgan fingerprint density at radius 3 is 2.53 bits per heavy atom. The van der Waals surface area contributed by atoms with Crippen molar-refractivity contribution >= 4 is 20.8 Å². The topological polar surface area (TPSA) is 117 Å². The lowest BCUT2D eigenvalue weighted by Crippen LogP contribution is -2.44. The fraction of sp³-hybridized carbons (Fsp3) is 0.261. The SMILES string of the molecule is O=S(=O)(NC1COC2C1OCC2n1nnnc1Oc1ccccc1)c1ccc2ccccc2c1.